The highest BCUT2D eigenvalue weighted by molar-refractivity contribution is 6.23. The SMILES string of the molecule is O=C1CCC(N2C(=O)c3cc(CN4CCN(c5ccc(C(=C(CCCl)c6ccccc6)c6ccc(O)cc6)cc5)CC4)cc(F)c3C2=O)C(=O)N1. The highest BCUT2D eigenvalue weighted by Gasteiger charge is 2.46. The van der Waals surface area contributed by atoms with Gasteiger partial charge in [-0.3, -0.25) is 34.3 Å². The molecule has 3 aliphatic rings. The maximum atomic E-state index is 15.3. The van der Waals surface area contributed by atoms with Crippen molar-refractivity contribution in [2.45, 2.75) is 31.8 Å². The van der Waals surface area contributed by atoms with E-state index in [2.05, 4.69) is 51.5 Å². The Morgan fingerprint density at radius 1 is 0.824 bits per heavy atom. The van der Waals surface area contributed by atoms with Crippen LogP contribution in [0.4, 0.5) is 10.1 Å². The van der Waals surface area contributed by atoms with Crippen LogP contribution in [0.25, 0.3) is 11.1 Å². The van der Waals surface area contributed by atoms with E-state index >= 15 is 4.39 Å². The molecule has 2 fully saturated rings. The Morgan fingerprint density at radius 3 is 2.14 bits per heavy atom. The van der Waals surface area contributed by atoms with Gasteiger partial charge >= 0.3 is 0 Å². The Kier molecular flexibility index (Phi) is 9.71. The number of allylic oxidation sites excluding steroid dienone is 1. The molecule has 2 N–H and O–H groups in total. The molecule has 1 unspecified atom stereocenters. The lowest BCUT2D eigenvalue weighted by atomic mass is 9.88. The van der Waals surface area contributed by atoms with Gasteiger partial charge in [0.2, 0.25) is 11.8 Å². The molecule has 4 aromatic carbocycles. The molecule has 0 bridgehead atoms. The second kappa shape index (κ2) is 14.5. The normalized spacial score (nSPS) is 18.5. The van der Waals surface area contributed by atoms with Crippen molar-refractivity contribution in [3.63, 3.8) is 0 Å². The Hall–Kier alpha value is -5.32. The highest BCUT2D eigenvalue weighted by atomic mass is 35.5. The van der Waals surface area contributed by atoms with Crippen molar-refractivity contribution in [3.8, 4) is 5.75 Å². The van der Waals surface area contributed by atoms with Gasteiger partial charge in [-0.1, -0.05) is 54.6 Å². The molecule has 4 amide bonds. The Bertz CT molecular complexity index is 2030. The number of imide groups is 2. The van der Waals surface area contributed by atoms with E-state index in [4.69, 9.17) is 11.6 Å². The molecule has 0 spiro atoms. The van der Waals surface area contributed by atoms with Gasteiger partial charge < -0.3 is 10.0 Å². The lowest BCUT2D eigenvalue weighted by molar-refractivity contribution is -0.136. The summed E-state index contributed by atoms with van der Waals surface area (Å²) in [5, 5.41) is 12.1. The zero-order valence-corrected chi connectivity index (χ0v) is 28.5. The molecule has 260 valence electrons. The molecule has 7 rings (SSSR count). The average molecular weight is 707 g/mol. The number of hydrogen-bond acceptors (Lipinski definition) is 7. The van der Waals surface area contributed by atoms with E-state index in [9.17, 15) is 24.3 Å². The van der Waals surface area contributed by atoms with Gasteiger partial charge in [0, 0.05) is 50.7 Å². The first-order valence-electron chi connectivity index (χ1n) is 17.0. The summed E-state index contributed by atoms with van der Waals surface area (Å²) in [5.41, 5.74) is 6.54. The van der Waals surface area contributed by atoms with Gasteiger partial charge in [-0.15, -0.1) is 11.6 Å². The largest absolute Gasteiger partial charge is 0.508 e. The summed E-state index contributed by atoms with van der Waals surface area (Å²) in [6, 6.07) is 27.6. The molecule has 2 saturated heterocycles. The van der Waals surface area contributed by atoms with Crippen LogP contribution >= 0.6 is 11.6 Å². The van der Waals surface area contributed by atoms with Gasteiger partial charge in [-0.25, -0.2) is 4.39 Å². The fourth-order valence-corrected chi connectivity index (χ4v) is 7.44. The van der Waals surface area contributed by atoms with Crippen molar-refractivity contribution in [1.82, 2.24) is 15.1 Å². The lowest BCUT2D eigenvalue weighted by Gasteiger charge is -2.36. The first kappa shape index (κ1) is 34.1. The smallest absolute Gasteiger partial charge is 0.265 e. The lowest BCUT2D eigenvalue weighted by Crippen LogP contribution is -2.54. The van der Waals surface area contributed by atoms with Crippen molar-refractivity contribution in [2.75, 3.05) is 37.0 Å². The molecule has 51 heavy (non-hydrogen) atoms. The molecule has 3 heterocycles. The number of benzene rings is 4. The fraction of sp³-hybridized carbons (Fsp3) is 0.250. The summed E-state index contributed by atoms with van der Waals surface area (Å²) in [6.45, 7) is 3.25. The molecule has 3 aliphatic heterocycles. The van der Waals surface area contributed by atoms with Gasteiger partial charge in [0.1, 0.15) is 17.6 Å². The Morgan fingerprint density at radius 2 is 1.49 bits per heavy atom. The van der Waals surface area contributed by atoms with E-state index in [0.717, 1.165) is 51.5 Å². The van der Waals surface area contributed by atoms with Crippen molar-refractivity contribution in [3.05, 3.63) is 130 Å². The number of rotatable bonds is 9. The minimum absolute atomic E-state index is 0.00465. The molecular weight excluding hydrogens is 671 g/mol. The minimum atomic E-state index is -1.15. The van der Waals surface area contributed by atoms with Crippen molar-refractivity contribution in [1.29, 1.82) is 0 Å². The Labute approximate surface area is 299 Å². The second-order valence-electron chi connectivity index (χ2n) is 13.0. The molecule has 9 nitrogen and oxygen atoms in total. The third-order valence-electron chi connectivity index (χ3n) is 9.78. The molecule has 0 aliphatic carbocycles. The highest BCUT2D eigenvalue weighted by Crippen LogP contribution is 2.36. The topological polar surface area (TPSA) is 110 Å². The van der Waals surface area contributed by atoms with E-state index in [-0.39, 0.29) is 29.7 Å². The summed E-state index contributed by atoms with van der Waals surface area (Å²) in [7, 11) is 0. The number of halogens is 2. The maximum absolute atomic E-state index is 15.3. The van der Waals surface area contributed by atoms with Crippen molar-refractivity contribution < 1.29 is 28.7 Å². The van der Waals surface area contributed by atoms with Crippen LogP contribution in [0.3, 0.4) is 0 Å². The molecule has 0 radical (unpaired) electrons. The number of hydrogen-bond donors (Lipinski definition) is 2. The Balaban J connectivity index is 1.05. The number of phenols is 1. The van der Waals surface area contributed by atoms with Crippen LogP contribution in [0, 0.1) is 5.82 Å². The van der Waals surface area contributed by atoms with Gasteiger partial charge in [0.25, 0.3) is 11.8 Å². The first-order chi connectivity index (χ1) is 24.7. The predicted octanol–water partition coefficient (Wildman–Crippen LogP) is 5.84. The number of phenolic OH excluding ortho intramolecular Hbond substituents is 1. The van der Waals surface area contributed by atoms with Gasteiger partial charge in [0.15, 0.2) is 0 Å². The van der Waals surface area contributed by atoms with Crippen molar-refractivity contribution >= 4 is 52.1 Å². The van der Waals surface area contributed by atoms with Gasteiger partial charge in [-0.2, -0.15) is 0 Å². The number of carbonyl (C=O) groups is 4. The van der Waals surface area contributed by atoms with Crippen LogP contribution in [0.2, 0.25) is 0 Å². The van der Waals surface area contributed by atoms with E-state index in [1.807, 2.05) is 30.3 Å². The summed E-state index contributed by atoms with van der Waals surface area (Å²) >= 11 is 6.31. The third-order valence-corrected chi connectivity index (χ3v) is 9.97. The number of amides is 4. The number of fused-ring (bicyclic) bond motifs is 1. The molecular formula is C40H36ClFN4O5. The van der Waals surface area contributed by atoms with Gasteiger partial charge in [-0.05, 0) is 82.6 Å². The summed E-state index contributed by atoms with van der Waals surface area (Å²) in [6.07, 6.45) is 0.675. The quantitative estimate of drug-likeness (QED) is 0.128. The van der Waals surface area contributed by atoms with E-state index in [1.54, 1.807) is 18.2 Å². The number of anilines is 1. The zero-order valence-electron chi connectivity index (χ0n) is 27.8. The number of alkyl halides is 1. The number of piperidine rings is 1. The number of nitrogens with zero attached hydrogens (tertiary/aromatic N) is 3. The summed E-state index contributed by atoms with van der Waals surface area (Å²) in [5.74, 6) is -2.90. The number of piperazine rings is 1. The van der Waals surface area contributed by atoms with Crippen LogP contribution in [0.15, 0.2) is 91.0 Å². The van der Waals surface area contributed by atoms with E-state index in [0.29, 0.717) is 37.5 Å². The zero-order chi connectivity index (χ0) is 35.6. The van der Waals surface area contributed by atoms with Gasteiger partial charge in [0.05, 0.1) is 11.1 Å². The van der Waals surface area contributed by atoms with Crippen molar-refractivity contribution in [2.24, 2.45) is 0 Å². The first-order valence-corrected chi connectivity index (χ1v) is 17.5. The average Bonchev–Trinajstić information content (AvgIpc) is 3.38. The van der Waals surface area contributed by atoms with Crippen LogP contribution in [-0.4, -0.2) is 76.6 Å². The fourth-order valence-electron chi connectivity index (χ4n) is 7.25. The van der Waals surface area contributed by atoms with Crippen LogP contribution in [-0.2, 0) is 16.1 Å². The monoisotopic (exact) mass is 706 g/mol. The summed E-state index contributed by atoms with van der Waals surface area (Å²) in [4.78, 5) is 55.6. The standard InChI is InChI=1S/C40H36ClFN4O5/c41-17-16-31(26-4-2-1-3-5-26)36(28-8-12-30(47)13-9-28)27-6-10-29(11-7-27)45-20-18-44(19-21-45)24-25-22-32-37(33(42)23-25)40(51)46(39(32)50)34-14-15-35(48)43-38(34)49/h1-13,22-23,34,47H,14-21,24H2,(H,43,48,49). The van der Waals surface area contributed by atoms with Crippen LogP contribution < -0.4 is 10.2 Å². The van der Waals surface area contributed by atoms with E-state index < -0.39 is 35.5 Å². The summed E-state index contributed by atoms with van der Waals surface area (Å²) < 4.78 is 15.3. The third kappa shape index (κ3) is 6.89. The van der Waals surface area contributed by atoms with E-state index in [1.165, 1.54) is 6.07 Å². The molecule has 0 aromatic heterocycles. The molecule has 4 aromatic rings. The minimum Gasteiger partial charge on any atom is -0.508 e. The molecule has 11 heteroatoms. The number of aromatic hydroxyl groups is 1. The second-order valence-corrected chi connectivity index (χ2v) is 13.3. The molecule has 1 atom stereocenters. The number of carbonyl (C=O) groups excluding carboxylic acids is 4. The van der Waals surface area contributed by atoms with Crippen LogP contribution in [0.1, 0.15) is 62.2 Å². The number of nitrogens with one attached hydrogen (secondary N) is 1. The van der Waals surface area contributed by atoms with Crippen LogP contribution in [0.5, 0.6) is 5.75 Å². The predicted molar refractivity (Wildman–Crippen MR) is 193 cm³/mol. The maximum Gasteiger partial charge on any atom is 0.265 e. The molecule has 0 saturated carbocycles.